The fraction of sp³-hybridized carbons (Fsp3) is 0.373. The number of nitrogens with one attached hydrogen (secondary N) is 2. The van der Waals surface area contributed by atoms with Crippen LogP contribution in [0.3, 0.4) is 0 Å². The molecule has 12 rings (SSSR count). The number of carbonyl (C=O) groups is 3. The summed E-state index contributed by atoms with van der Waals surface area (Å²) in [4.78, 5) is 77.7. The lowest BCUT2D eigenvalue weighted by molar-refractivity contribution is -0.935. The standard InChI is InChI=1S/C28H32N2O4.C19H31N3.C10H5ClO3.C10H6O4.Cl2OS/c1-33-14-13-30(27(31)25-17-23-10-4-5-11-26(23)34-28(25)32)19-20-7-6-12-29(18-20)24-15-21-8-2-3-9-22(21)16-24;1-21(2)11-9-20-14-16-6-5-10-22(15-16)19-12-17-7-3-4-8-18(17)13-19;2*11-9(12)7-5-6-3-1-2-4-8(6)14-10(7)13;1-4(2)3/h2-5,8-11,17,20,24H,6-7,12-16,18-19H2,1H3;3-4,7-8,16,19-20H,5-6,9-15H2,1-2H3;1-5H;1-5H,(H,11,12);/p+3. The number of quaternary nitrogens is 3. The van der Waals surface area contributed by atoms with Gasteiger partial charge in [-0.25, -0.2) is 23.4 Å². The highest BCUT2D eigenvalue weighted by Gasteiger charge is 2.35. The van der Waals surface area contributed by atoms with Crippen LogP contribution >= 0.6 is 33.0 Å². The van der Waals surface area contributed by atoms with Gasteiger partial charge in [0.25, 0.3) is 11.1 Å². The van der Waals surface area contributed by atoms with Gasteiger partial charge in [-0.15, -0.1) is 0 Å². The third-order valence-electron chi connectivity index (χ3n) is 16.7. The minimum absolute atomic E-state index is 0.0914. The van der Waals surface area contributed by atoms with Gasteiger partial charge in [-0.1, -0.05) is 103 Å². The molecule has 8 aromatic rings. The van der Waals surface area contributed by atoms with Crippen molar-refractivity contribution in [2.45, 2.75) is 63.5 Å². The van der Waals surface area contributed by atoms with E-state index >= 15 is 0 Å². The highest BCUT2D eigenvalue weighted by atomic mass is 36.0. The largest absolute Gasteiger partial charge is 0.477 e. The minimum Gasteiger partial charge on any atom is -0.477 e. The maximum Gasteiger partial charge on any atom is 0.351 e. The summed E-state index contributed by atoms with van der Waals surface area (Å²) in [6.07, 6.45) is 9.92. The Balaban J connectivity index is 0.000000159. The smallest absolute Gasteiger partial charge is 0.351 e. The molecule has 17 nitrogen and oxygen atoms in total. The number of carboxylic acids is 1. The van der Waals surface area contributed by atoms with Crippen molar-refractivity contribution in [2.24, 2.45) is 11.8 Å². The molecule has 2 saturated heterocycles. The number of aromatic carboxylic acids is 1. The first-order valence-corrected chi connectivity index (χ1v) is 33.0. The van der Waals surface area contributed by atoms with Crippen molar-refractivity contribution >= 4 is 92.2 Å². The normalized spacial score (nSPS) is 17.3. The van der Waals surface area contributed by atoms with E-state index in [1.807, 2.05) is 23.1 Å². The number of ether oxygens (including phenoxy) is 1. The molecule has 2 aliphatic heterocycles. The topological polar surface area (TPSA) is 220 Å². The van der Waals surface area contributed by atoms with Crippen molar-refractivity contribution in [2.75, 3.05) is 86.7 Å². The number of amides is 1. The molecule has 5 N–H and O–H groups in total. The summed E-state index contributed by atoms with van der Waals surface area (Å²) in [5.41, 5.74) is 4.99. The van der Waals surface area contributed by atoms with Crippen molar-refractivity contribution < 1.29 is 56.8 Å². The summed E-state index contributed by atoms with van der Waals surface area (Å²) in [5, 5.41) is 12.5. The van der Waals surface area contributed by atoms with E-state index in [0.29, 0.717) is 59.2 Å². The number of likely N-dealkylation sites (tertiary alicyclic amines) is 2. The van der Waals surface area contributed by atoms with Gasteiger partial charge in [-0.05, 0) is 121 Å². The van der Waals surface area contributed by atoms with Crippen LogP contribution in [0.2, 0.25) is 0 Å². The maximum absolute atomic E-state index is 13.5. The molecule has 21 heteroatoms. The average Bonchev–Trinajstić information content (AvgIpc) is 4.13. The monoisotopic (exact) mass is 1280 g/mol. The molecule has 0 radical (unpaired) electrons. The van der Waals surface area contributed by atoms with E-state index in [9.17, 15) is 28.8 Å². The molecule has 3 atom stereocenters. The summed E-state index contributed by atoms with van der Waals surface area (Å²) in [6, 6.07) is 44.6. The number of carbonyl (C=O) groups excluding carboxylic acids is 2. The number of piperidine rings is 2. The van der Waals surface area contributed by atoms with Gasteiger partial charge in [0.05, 0.1) is 52.3 Å². The van der Waals surface area contributed by atoms with Crippen molar-refractivity contribution in [3.63, 3.8) is 0 Å². The van der Waals surface area contributed by atoms with Gasteiger partial charge in [-0.2, -0.15) is 0 Å². The highest BCUT2D eigenvalue weighted by molar-refractivity contribution is 8.26. The average molecular weight is 1280 g/mol. The third kappa shape index (κ3) is 19.1. The second kappa shape index (κ2) is 33.1. The van der Waals surface area contributed by atoms with Gasteiger partial charge in [0.2, 0.25) is 9.23 Å². The van der Waals surface area contributed by atoms with Crippen LogP contribution in [0.15, 0.2) is 167 Å². The van der Waals surface area contributed by atoms with E-state index in [2.05, 4.69) is 94.2 Å². The summed E-state index contributed by atoms with van der Waals surface area (Å²) >= 11 is 5.21. The van der Waals surface area contributed by atoms with Crippen LogP contribution < -0.4 is 32.0 Å². The second-order valence-electron chi connectivity index (χ2n) is 23.1. The van der Waals surface area contributed by atoms with E-state index in [0.717, 1.165) is 56.1 Å². The number of nitrogens with zero attached hydrogens (tertiary/aromatic N) is 2. The quantitative estimate of drug-likeness (QED) is 0.0482. The maximum atomic E-state index is 13.5. The van der Waals surface area contributed by atoms with Gasteiger partial charge in [0.1, 0.15) is 46.5 Å². The van der Waals surface area contributed by atoms with Crippen LogP contribution in [0.4, 0.5) is 0 Å². The van der Waals surface area contributed by atoms with E-state index < -0.39 is 37.3 Å². The number of rotatable bonds is 15. The molecule has 3 aromatic heterocycles. The van der Waals surface area contributed by atoms with Crippen molar-refractivity contribution in [3.8, 4) is 0 Å². The Kier molecular flexibility index (Phi) is 25.3. The van der Waals surface area contributed by atoms with Crippen LogP contribution in [-0.4, -0.2) is 135 Å². The second-order valence-corrected chi connectivity index (χ2v) is 25.9. The first kappa shape index (κ1) is 67.1. The number of hydrogen-bond donors (Lipinski definition) is 4. The molecule has 5 aromatic carbocycles. The Hall–Kier alpha value is -6.84. The molecular formula is C67H77Cl3N5O12S+3. The predicted octanol–water partition coefficient (Wildman–Crippen LogP) is 6.62. The number of nitrogens with two attached hydrogens (primary N) is 1. The molecule has 4 aliphatic rings. The Morgan fingerprint density at radius 2 is 1.16 bits per heavy atom. The number of methoxy groups -OCH3 is 1. The van der Waals surface area contributed by atoms with Gasteiger partial charge in [0, 0.05) is 83.2 Å². The molecule has 0 bridgehead atoms. The Bertz CT molecular complexity index is 3720. The molecule has 3 unspecified atom stereocenters. The molecule has 88 heavy (non-hydrogen) atoms. The summed E-state index contributed by atoms with van der Waals surface area (Å²) in [6.45, 7) is 10.3. The first-order chi connectivity index (χ1) is 42.4. The zero-order valence-corrected chi connectivity index (χ0v) is 52.9. The van der Waals surface area contributed by atoms with Crippen LogP contribution in [0, 0.1) is 11.8 Å². The lowest BCUT2D eigenvalue weighted by Gasteiger charge is -2.38. The summed E-state index contributed by atoms with van der Waals surface area (Å²) in [7, 11) is 13.5. The molecular weight excluding hydrogens is 1210 g/mol. The van der Waals surface area contributed by atoms with Crippen LogP contribution in [0.1, 0.15) is 79.0 Å². The van der Waals surface area contributed by atoms with Gasteiger partial charge in [0.15, 0.2) is 0 Å². The fourth-order valence-corrected chi connectivity index (χ4v) is 12.4. The Morgan fingerprint density at radius 1 is 0.693 bits per heavy atom. The molecule has 1 amide bonds. The first-order valence-electron chi connectivity index (χ1n) is 29.8. The molecule has 466 valence electrons. The molecule has 2 aliphatic carbocycles. The lowest BCUT2D eigenvalue weighted by Crippen LogP contribution is -3.18. The number of para-hydroxylation sites is 3. The number of carboxylic acid groups (broad SMARTS) is 1. The zero-order valence-electron chi connectivity index (χ0n) is 49.8. The summed E-state index contributed by atoms with van der Waals surface area (Å²) < 4.78 is 29.5. The Morgan fingerprint density at radius 3 is 1.67 bits per heavy atom. The zero-order chi connectivity index (χ0) is 62.7. The van der Waals surface area contributed by atoms with E-state index in [1.165, 1.54) is 81.7 Å². The number of benzene rings is 5. The lowest BCUT2D eigenvalue weighted by atomic mass is 9.95. The molecule has 0 spiro atoms. The third-order valence-corrected chi connectivity index (χ3v) is 16.9. The molecule has 0 saturated carbocycles. The number of halogens is 3. The van der Waals surface area contributed by atoms with E-state index in [-0.39, 0.29) is 22.6 Å². The van der Waals surface area contributed by atoms with Gasteiger partial charge >= 0.3 is 22.8 Å². The van der Waals surface area contributed by atoms with Gasteiger partial charge in [-0.3, -0.25) is 14.5 Å². The minimum atomic E-state index is -1.67. The number of hydrogen-bond acceptors (Lipinski definition) is 12. The van der Waals surface area contributed by atoms with Crippen molar-refractivity contribution in [1.29, 1.82) is 0 Å². The van der Waals surface area contributed by atoms with Crippen molar-refractivity contribution in [3.05, 3.63) is 210 Å². The summed E-state index contributed by atoms with van der Waals surface area (Å²) in [5.74, 6) is -0.248. The van der Waals surface area contributed by atoms with Crippen LogP contribution in [0.5, 0.6) is 0 Å². The van der Waals surface area contributed by atoms with E-state index in [1.54, 1.807) is 88.7 Å². The number of likely N-dealkylation sites (N-methyl/N-ethyl adjacent to an activating group) is 1. The van der Waals surface area contributed by atoms with Gasteiger partial charge < -0.3 is 43.1 Å². The Labute approximate surface area is 527 Å². The molecule has 2 fully saturated rings. The van der Waals surface area contributed by atoms with Crippen molar-refractivity contribution in [1.82, 2.24) is 9.80 Å². The predicted molar refractivity (Wildman–Crippen MR) is 345 cm³/mol. The van der Waals surface area contributed by atoms with E-state index in [4.69, 9.17) is 38.9 Å². The fourth-order valence-electron chi connectivity index (χ4n) is 12.3. The molecule has 5 heterocycles. The number of fused-ring (bicyclic) bond motifs is 5. The highest BCUT2D eigenvalue weighted by Crippen LogP contribution is 2.30. The van der Waals surface area contributed by atoms with Crippen LogP contribution in [-0.2, 0) is 39.6 Å². The van der Waals surface area contributed by atoms with Crippen LogP contribution in [0.25, 0.3) is 32.9 Å². The SMILES string of the molecule is COCCN(CC1CCCN(C2Cc3ccccc3C2)C1)C(=O)c1cc2ccccc2oc1=O.C[NH+](C)CC[NH2+]CC1CCC[NH+](C2Cc3ccccc3C2)C1.O=C(Cl)c1cc2ccccc2oc1=O.O=C(O)c1cc2ccccc2oc1=O.O=S(Cl)Cl.